The Bertz CT molecular complexity index is 1810. The highest BCUT2D eigenvalue weighted by molar-refractivity contribution is 5.91. The van der Waals surface area contributed by atoms with Gasteiger partial charge in [0, 0.05) is 12.1 Å². The standard InChI is InChI=1S/C36H42N6O2/c1-36(2,3)44-35(43)42-18-8-6-10-32(42)33-37-22-30(40-33)27-14-13-23-19-24(11-12-25(23)20-27)26-15-16-28-29(21-26)39-34(38-28)31-9-5-7-17-41(31)4/h11-16,19-22,31-32H,5-10,17-18H2,1-4H3,(H,37,40)(H,38,39). The maximum absolute atomic E-state index is 12.9. The second-order valence-corrected chi connectivity index (χ2v) is 13.5. The first-order chi connectivity index (χ1) is 21.2. The number of benzene rings is 3. The number of imidazole rings is 2. The van der Waals surface area contributed by atoms with Crippen LogP contribution >= 0.6 is 0 Å². The van der Waals surface area contributed by atoms with Crippen molar-refractivity contribution < 1.29 is 9.53 Å². The molecule has 8 heteroatoms. The van der Waals surface area contributed by atoms with Gasteiger partial charge in [-0.1, -0.05) is 36.8 Å². The maximum Gasteiger partial charge on any atom is 0.410 e. The lowest BCUT2D eigenvalue weighted by molar-refractivity contribution is 0.00854. The molecule has 2 aliphatic rings. The maximum atomic E-state index is 12.9. The summed E-state index contributed by atoms with van der Waals surface area (Å²) >= 11 is 0. The Balaban J connectivity index is 1.11. The van der Waals surface area contributed by atoms with Crippen molar-refractivity contribution in [2.24, 2.45) is 0 Å². The Morgan fingerprint density at radius 2 is 1.50 bits per heavy atom. The fourth-order valence-corrected chi connectivity index (χ4v) is 6.79. The van der Waals surface area contributed by atoms with Crippen molar-refractivity contribution in [3.8, 4) is 22.4 Å². The fourth-order valence-electron chi connectivity index (χ4n) is 6.79. The largest absolute Gasteiger partial charge is 0.444 e. The van der Waals surface area contributed by atoms with Crippen LogP contribution in [0.2, 0.25) is 0 Å². The summed E-state index contributed by atoms with van der Waals surface area (Å²) in [6, 6.07) is 19.9. The Kier molecular flexibility index (Phi) is 7.41. The van der Waals surface area contributed by atoms with Crippen LogP contribution < -0.4 is 0 Å². The number of H-pyrrole nitrogens is 2. The zero-order valence-electron chi connectivity index (χ0n) is 26.2. The van der Waals surface area contributed by atoms with Gasteiger partial charge in [0.2, 0.25) is 0 Å². The molecule has 2 aliphatic heterocycles. The van der Waals surface area contributed by atoms with Crippen LogP contribution in [-0.4, -0.2) is 61.6 Å². The van der Waals surface area contributed by atoms with Crippen LogP contribution in [0.4, 0.5) is 4.79 Å². The molecule has 0 spiro atoms. The first kappa shape index (κ1) is 28.6. The lowest BCUT2D eigenvalue weighted by atomic mass is 9.99. The van der Waals surface area contributed by atoms with E-state index in [0.29, 0.717) is 12.6 Å². The zero-order valence-corrected chi connectivity index (χ0v) is 26.2. The molecule has 0 aliphatic carbocycles. The molecule has 228 valence electrons. The molecule has 44 heavy (non-hydrogen) atoms. The molecule has 2 unspecified atom stereocenters. The third-order valence-corrected chi connectivity index (χ3v) is 9.11. The lowest BCUT2D eigenvalue weighted by Crippen LogP contribution is -2.42. The number of carbonyl (C=O) groups is 1. The molecular formula is C36H42N6O2. The number of hydrogen-bond donors (Lipinski definition) is 2. The highest BCUT2D eigenvalue weighted by atomic mass is 16.6. The van der Waals surface area contributed by atoms with Gasteiger partial charge < -0.3 is 14.7 Å². The zero-order chi connectivity index (χ0) is 30.4. The van der Waals surface area contributed by atoms with E-state index in [1.807, 2.05) is 31.9 Å². The van der Waals surface area contributed by atoms with Gasteiger partial charge in [0.25, 0.3) is 0 Å². The molecule has 0 saturated carbocycles. The normalized spacial score (nSPS) is 20.0. The molecule has 0 bridgehead atoms. The van der Waals surface area contributed by atoms with E-state index in [0.717, 1.165) is 66.2 Å². The van der Waals surface area contributed by atoms with Gasteiger partial charge in [-0.2, -0.15) is 0 Å². The molecule has 2 aromatic heterocycles. The number of aromatic amines is 2. The molecule has 2 saturated heterocycles. The second kappa shape index (κ2) is 11.4. The van der Waals surface area contributed by atoms with Crippen LogP contribution in [0, 0.1) is 0 Å². The number of hydrogen-bond acceptors (Lipinski definition) is 5. The molecule has 2 fully saturated rings. The SMILES string of the molecule is CN1CCCCC1c1nc2ccc(-c3ccc4cc(-c5cnc(C6CCCCN6C(=O)OC(C)(C)C)[nH]5)ccc4c3)cc2[nH]1. The van der Waals surface area contributed by atoms with Crippen molar-refractivity contribution in [1.29, 1.82) is 0 Å². The summed E-state index contributed by atoms with van der Waals surface area (Å²) in [5.41, 5.74) is 5.96. The summed E-state index contributed by atoms with van der Waals surface area (Å²) < 4.78 is 5.70. The van der Waals surface area contributed by atoms with Crippen molar-refractivity contribution in [2.75, 3.05) is 20.1 Å². The topological polar surface area (TPSA) is 90.1 Å². The predicted molar refractivity (Wildman–Crippen MR) is 175 cm³/mol. The average molecular weight is 591 g/mol. The molecule has 4 heterocycles. The van der Waals surface area contributed by atoms with E-state index in [4.69, 9.17) is 14.7 Å². The van der Waals surface area contributed by atoms with E-state index in [-0.39, 0.29) is 12.1 Å². The summed E-state index contributed by atoms with van der Waals surface area (Å²) in [4.78, 5) is 34.0. The molecule has 3 aromatic carbocycles. The van der Waals surface area contributed by atoms with Gasteiger partial charge in [-0.15, -0.1) is 0 Å². The number of amides is 1. The Labute approximate surface area is 258 Å². The fraction of sp³-hybridized carbons (Fsp3) is 0.417. The minimum atomic E-state index is -0.528. The van der Waals surface area contributed by atoms with Gasteiger partial charge in [0.05, 0.1) is 35.0 Å². The highest BCUT2D eigenvalue weighted by Gasteiger charge is 2.33. The number of ether oxygens (including phenoxy) is 1. The van der Waals surface area contributed by atoms with Crippen LogP contribution in [0.15, 0.2) is 60.8 Å². The number of fused-ring (bicyclic) bond motifs is 2. The van der Waals surface area contributed by atoms with Crippen molar-refractivity contribution in [3.63, 3.8) is 0 Å². The molecule has 2 N–H and O–H groups in total. The van der Waals surface area contributed by atoms with Crippen molar-refractivity contribution in [2.45, 2.75) is 77.0 Å². The average Bonchev–Trinajstić information content (AvgIpc) is 3.67. The van der Waals surface area contributed by atoms with Gasteiger partial charge in [0.15, 0.2) is 0 Å². The predicted octanol–water partition coefficient (Wildman–Crippen LogP) is 8.39. The smallest absolute Gasteiger partial charge is 0.410 e. The number of piperidine rings is 2. The van der Waals surface area contributed by atoms with E-state index >= 15 is 0 Å². The number of likely N-dealkylation sites (tertiary alicyclic amines) is 2. The third-order valence-electron chi connectivity index (χ3n) is 9.11. The lowest BCUT2D eigenvalue weighted by Gasteiger charge is -2.35. The summed E-state index contributed by atoms with van der Waals surface area (Å²) in [5, 5.41) is 2.35. The molecule has 1 amide bonds. The molecule has 5 aromatic rings. The molecule has 8 nitrogen and oxygen atoms in total. The summed E-state index contributed by atoms with van der Waals surface area (Å²) in [5.74, 6) is 1.89. The van der Waals surface area contributed by atoms with Gasteiger partial charge in [-0.3, -0.25) is 9.80 Å². The van der Waals surface area contributed by atoms with E-state index < -0.39 is 5.60 Å². The van der Waals surface area contributed by atoms with Crippen LogP contribution in [0.5, 0.6) is 0 Å². The van der Waals surface area contributed by atoms with E-state index in [2.05, 4.69) is 76.5 Å². The Morgan fingerprint density at radius 3 is 2.27 bits per heavy atom. The molecule has 2 atom stereocenters. The summed E-state index contributed by atoms with van der Waals surface area (Å²) in [6.45, 7) is 7.52. The van der Waals surface area contributed by atoms with Crippen molar-refractivity contribution >= 4 is 27.9 Å². The first-order valence-corrected chi connectivity index (χ1v) is 16.0. The van der Waals surface area contributed by atoms with Gasteiger partial charge in [-0.25, -0.2) is 14.8 Å². The van der Waals surface area contributed by atoms with Crippen molar-refractivity contribution in [3.05, 3.63) is 72.4 Å². The molecular weight excluding hydrogens is 548 g/mol. The number of nitrogens with zero attached hydrogens (tertiary/aromatic N) is 4. The first-order valence-electron chi connectivity index (χ1n) is 16.0. The summed E-state index contributed by atoms with van der Waals surface area (Å²) in [7, 11) is 2.20. The van der Waals surface area contributed by atoms with E-state index in [1.165, 1.54) is 34.7 Å². The minimum absolute atomic E-state index is 0.109. The van der Waals surface area contributed by atoms with Crippen LogP contribution in [-0.2, 0) is 4.74 Å². The van der Waals surface area contributed by atoms with E-state index in [1.54, 1.807) is 0 Å². The number of nitrogens with one attached hydrogen (secondary N) is 2. The summed E-state index contributed by atoms with van der Waals surface area (Å²) in [6.07, 6.45) is 8.19. The van der Waals surface area contributed by atoms with Crippen molar-refractivity contribution in [1.82, 2.24) is 29.7 Å². The number of carbonyl (C=O) groups excluding carboxylic acids is 1. The van der Waals surface area contributed by atoms with Crippen LogP contribution in [0.3, 0.4) is 0 Å². The van der Waals surface area contributed by atoms with Gasteiger partial charge in [0.1, 0.15) is 17.2 Å². The Hall–Kier alpha value is -4.17. The minimum Gasteiger partial charge on any atom is -0.444 e. The molecule has 7 rings (SSSR count). The highest BCUT2D eigenvalue weighted by Crippen LogP contribution is 2.34. The van der Waals surface area contributed by atoms with Crippen LogP contribution in [0.25, 0.3) is 44.2 Å². The number of rotatable bonds is 4. The van der Waals surface area contributed by atoms with Crippen LogP contribution in [0.1, 0.15) is 83.0 Å². The van der Waals surface area contributed by atoms with Gasteiger partial charge >= 0.3 is 6.09 Å². The monoisotopic (exact) mass is 590 g/mol. The second-order valence-electron chi connectivity index (χ2n) is 13.5. The molecule has 0 radical (unpaired) electrons. The van der Waals surface area contributed by atoms with Gasteiger partial charge in [-0.05, 0) is 113 Å². The Morgan fingerprint density at radius 1 is 0.818 bits per heavy atom. The third kappa shape index (κ3) is 5.71. The van der Waals surface area contributed by atoms with E-state index in [9.17, 15) is 4.79 Å². The quantitative estimate of drug-likeness (QED) is 0.219. The number of aromatic nitrogens is 4.